The van der Waals surface area contributed by atoms with E-state index in [9.17, 15) is 19.8 Å². The number of hydrogen-bond acceptors (Lipinski definition) is 6. The summed E-state index contributed by atoms with van der Waals surface area (Å²) in [4.78, 5) is 26.0. The Morgan fingerprint density at radius 3 is 2.26 bits per heavy atom. The second-order valence-corrected chi connectivity index (χ2v) is 9.59. The highest BCUT2D eigenvalue weighted by Gasteiger charge is 2.30. The summed E-state index contributed by atoms with van der Waals surface area (Å²) in [5.41, 5.74) is 2.88. The van der Waals surface area contributed by atoms with Crippen LogP contribution in [0.3, 0.4) is 0 Å². The minimum Gasteiger partial charge on any atom is -0.545 e. The van der Waals surface area contributed by atoms with Crippen molar-refractivity contribution in [2.75, 3.05) is 33.4 Å². The Morgan fingerprint density at radius 2 is 1.68 bits per heavy atom. The van der Waals surface area contributed by atoms with Gasteiger partial charge in [-0.05, 0) is 36.6 Å². The largest absolute Gasteiger partial charge is 0.545 e. The first-order valence-electron chi connectivity index (χ1n) is 9.91. The summed E-state index contributed by atoms with van der Waals surface area (Å²) in [6.07, 6.45) is 2.92. The van der Waals surface area contributed by atoms with Crippen molar-refractivity contribution in [1.82, 2.24) is 0 Å². The molecule has 2 aromatic rings. The third kappa shape index (κ3) is 7.74. The molecule has 1 aliphatic heterocycles. The third-order valence-electron chi connectivity index (χ3n) is 4.61. The number of hydrogen-bond donors (Lipinski definition) is 2. The molecule has 8 heteroatoms. The van der Waals surface area contributed by atoms with E-state index < -0.39 is 11.9 Å². The van der Waals surface area contributed by atoms with Crippen LogP contribution in [0.2, 0.25) is 0 Å². The van der Waals surface area contributed by atoms with Crippen molar-refractivity contribution < 1.29 is 29.6 Å². The third-order valence-corrected chi connectivity index (χ3v) is 6.49. The Bertz CT molecular complexity index is 931. The molecular formula is C23H28N2O4S2. The molecule has 0 spiro atoms. The summed E-state index contributed by atoms with van der Waals surface area (Å²) in [5, 5.41) is 18.8. The summed E-state index contributed by atoms with van der Waals surface area (Å²) in [7, 11) is 4.48. The first-order chi connectivity index (χ1) is 14.7. The molecule has 2 unspecified atom stereocenters. The van der Waals surface area contributed by atoms with Crippen molar-refractivity contribution >= 4 is 46.8 Å². The van der Waals surface area contributed by atoms with Gasteiger partial charge in [0, 0.05) is 17.0 Å². The first-order valence-corrected chi connectivity index (χ1v) is 12.0. The maximum Gasteiger partial charge on any atom is 0.151 e. The minimum absolute atomic E-state index is 0.384. The molecule has 1 aliphatic rings. The number of carboxylic acid groups (broad SMARTS) is 2. The molecule has 0 saturated carbocycles. The summed E-state index contributed by atoms with van der Waals surface area (Å²) in [6.45, 7) is 4.73. The number of fused-ring (bicyclic) bond motifs is 2. The van der Waals surface area contributed by atoms with Crippen molar-refractivity contribution in [1.29, 1.82) is 0 Å². The molecule has 166 valence electrons. The SMILES string of the molecule is CSc1ccc2c(c1)[NH+](CC(C)C[NH+](C)C)c1ccccc1S2.O=C([O-])/C=C\C(=O)[O-]. The zero-order chi connectivity index (χ0) is 23.0. The van der Waals surface area contributed by atoms with Crippen LogP contribution in [0.4, 0.5) is 11.4 Å². The molecular weight excluding hydrogens is 432 g/mol. The van der Waals surface area contributed by atoms with Gasteiger partial charge in [-0.25, -0.2) is 0 Å². The number of quaternary nitrogens is 2. The van der Waals surface area contributed by atoms with Crippen molar-refractivity contribution in [2.24, 2.45) is 5.92 Å². The van der Waals surface area contributed by atoms with Gasteiger partial charge < -0.3 is 24.7 Å². The highest BCUT2D eigenvalue weighted by atomic mass is 32.2. The molecule has 0 radical (unpaired) electrons. The number of carboxylic acids is 2. The van der Waals surface area contributed by atoms with Crippen LogP contribution in [0.5, 0.6) is 0 Å². The van der Waals surface area contributed by atoms with E-state index in [0.29, 0.717) is 18.1 Å². The molecule has 0 amide bonds. The highest BCUT2D eigenvalue weighted by molar-refractivity contribution is 7.99. The van der Waals surface area contributed by atoms with Crippen LogP contribution in [0.15, 0.2) is 69.3 Å². The number of aliphatic carboxylic acids is 2. The quantitative estimate of drug-likeness (QED) is 0.430. The van der Waals surface area contributed by atoms with Gasteiger partial charge in [0.25, 0.3) is 0 Å². The molecule has 31 heavy (non-hydrogen) atoms. The normalized spacial score (nSPS) is 15.6. The number of carbonyl (C=O) groups is 2. The fourth-order valence-electron chi connectivity index (χ4n) is 3.50. The zero-order valence-corrected chi connectivity index (χ0v) is 19.8. The minimum atomic E-state index is -1.55. The molecule has 0 fully saturated rings. The smallest absolute Gasteiger partial charge is 0.151 e. The average molecular weight is 461 g/mol. The highest BCUT2D eigenvalue weighted by Crippen LogP contribution is 2.41. The molecule has 3 rings (SSSR count). The Kier molecular flexibility index (Phi) is 9.64. The van der Waals surface area contributed by atoms with E-state index in [4.69, 9.17) is 0 Å². The van der Waals surface area contributed by atoms with Gasteiger partial charge in [-0.1, -0.05) is 30.8 Å². The molecule has 1 heterocycles. The standard InChI is InChI=1S/C19H24N2S2.C4H4O4/c1-14(12-20(2)3)13-21-16-7-5-6-8-18(16)23-19-10-9-15(22-4)11-17(19)21;5-3(6)1-2-4(7)8/h5-11,14H,12-13H2,1-4H3;1-2H,(H,5,6)(H,7,8)/b;2-1-. The van der Waals surface area contributed by atoms with E-state index in [1.807, 2.05) is 23.5 Å². The molecule has 0 aromatic heterocycles. The van der Waals surface area contributed by atoms with Gasteiger partial charge in [-0.3, -0.25) is 4.90 Å². The predicted molar refractivity (Wildman–Crippen MR) is 120 cm³/mol. The topological polar surface area (TPSA) is 89.1 Å². The summed E-state index contributed by atoms with van der Waals surface area (Å²) >= 11 is 3.74. The summed E-state index contributed by atoms with van der Waals surface area (Å²) < 4.78 is 0. The number of thioether (sulfide) groups is 1. The van der Waals surface area contributed by atoms with Crippen molar-refractivity contribution in [3.05, 3.63) is 54.6 Å². The molecule has 0 bridgehead atoms. The molecule has 6 nitrogen and oxygen atoms in total. The first kappa shape index (κ1) is 25.0. The lowest BCUT2D eigenvalue weighted by atomic mass is 10.1. The van der Waals surface area contributed by atoms with Crippen LogP contribution in [-0.4, -0.2) is 45.4 Å². The lowest BCUT2D eigenvalue weighted by molar-refractivity contribution is -0.867. The molecule has 2 atom stereocenters. The number of benzene rings is 2. The van der Waals surface area contributed by atoms with Crippen LogP contribution in [0.25, 0.3) is 0 Å². The predicted octanol–water partition coefficient (Wildman–Crippen LogP) is -0.456. The Labute approximate surface area is 191 Å². The lowest BCUT2D eigenvalue weighted by Crippen LogP contribution is -3.09. The Hall–Kier alpha value is -2.26. The van der Waals surface area contributed by atoms with Gasteiger partial charge in [0.2, 0.25) is 0 Å². The molecule has 0 saturated heterocycles. The van der Waals surface area contributed by atoms with Crippen LogP contribution < -0.4 is 20.0 Å². The van der Waals surface area contributed by atoms with Gasteiger partial charge in [0.15, 0.2) is 5.69 Å². The fraction of sp³-hybridized carbons (Fsp3) is 0.304. The fourth-order valence-corrected chi connectivity index (χ4v) is 5.06. The monoisotopic (exact) mass is 460 g/mol. The number of para-hydroxylation sites is 1. The number of rotatable bonds is 7. The van der Waals surface area contributed by atoms with Crippen molar-refractivity contribution in [3.63, 3.8) is 0 Å². The van der Waals surface area contributed by atoms with E-state index in [-0.39, 0.29) is 0 Å². The number of nitrogens with one attached hydrogen (secondary N) is 2. The van der Waals surface area contributed by atoms with Crippen LogP contribution >= 0.6 is 23.5 Å². The van der Waals surface area contributed by atoms with E-state index >= 15 is 0 Å². The lowest BCUT2D eigenvalue weighted by Gasteiger charge is -2.29. The van der Waals surface area contributed by atoms with Gasteiger partial charge in [-0.2, -0.15) is 0 Å². The van der Waals surface area contributed by atoms with E-state index in [1.54, 1.807) is 0 Å². The van der Waals surface area contributed by atoms with Crippen LogP contribution in [-0.2, 0) is 9.59 Å². The summed E-state index contributed by atoms with van der Waals surface area (Å²) in [6, 6.07) is 15.8. The molecule has 2 N–H and O–H groups in total. The second-order valence-electron chi connectivity index (χ2n) is 7.63. The van der Waals surface area contributed by atoms with E-state index in [2.05, 4.69) is 69.7 Å². The Morgan fingerprint density at radius 1 is 1.06 bits per heavy atom. The van der Waals surface area contributed by atoms with Gasteiger partial charge in [0.1, 0.15) is 5.69 Å². The summed E-state index contributed by atoms with van der Waals surface area (Å²) in [5.74, 6) is -2.42. The van der Waals surface area contributed by atoms with Gasteiger partial charge >= 0.3 is 0 Å². The van der Waals surface area contributed by atoms with E-state index in [1.165, 1.54) is 42.4 Å². The van der Waals surface area contributed by atoms with Gasteiger partial charge in [-0.15, -0.1) is 11.8 Å². The Balaban J connectivity index is 0.000000366. The molecule has 0 aliphatic carbocycles. The maximum atomic E-state index is 9.41. The number of carbonyl (C=O) groups excluding carboxylic acids is 2. The van der Waals surface area contributed by atoms with E-state index in [0.717, 1.165) is 6.54 Å². The maximum absolute atomic E-state index is 9.41. The average Bonchev–Trinajstić information content (AvgIpc) is 2.71. The van der Waals surface area contributed by atoms with Crippen LogP contribution in [0, 0.1) is 5.92 Å². The van der Waals surface area contributed by atoms with Gasteiger partial charge in [0.05, 0.1) is 54.8 Å². The molecule has 2 aromatic carbocycles. The van der Waals surface area contributed by atoms with Crippen molar-refractivity contribution in [3.8, 4) is 0 Å². The van der Waals surface area contributed by atoms with Crippen LogP contribution in [0.1, 0.15) is 6.92 Å². The second kappa shape index (κ2) is 12.0. The van der Waals surface area contributed by atoms with Crippen molar-refractivity contribution in [2.45, 2.75) is 21.6 Å². The zero-order valence-electron chi connectivity index (χ0n) is 18.1.